The summed E-state index contributed by atoms with van der Waals surface area (Å²) in [6, 6.07) is 12.3. The van der Waals surface area contributed by atoms with Gasteiger partial charge in [0.2, 0.25) is 11.8 Å². The lowest BCUT2D eigenvalue weighted by Gasteiger charge is -2.35. The van der Waals surface area contributed by atoms with E-state index in [9.17, 15) is 14.0 Å². The lowest BCUT2D eigenvalue weighted by molar-refractivity contribution is -0.139. The Kier molecular flexibility index (Phi) is 8.36. The molecule has 0 bridgehead atoms. The maximum absolute atomic E-state index is 14.4. The molecule has 2 heterocycles. The van der Waals surface area contributed by atoms with E-state index in [1.807, 2.05) is 30.0 Å². The highest BCUT2D eigenvalue weighted by molar-refractivity contribution is 5.97. The van der Waals surface area contributed by atoms with E-state index >= 15 is 0 Å². The molecule has 1 aliphatic carbocycles. The first-order valence-corrected chi connectivity index (χ1v) is 14.5. The highest BCUT2D eigenvalue weighted by Gasteiger charge is 2.38. The Morgan fingerprint density at radius 2 is 1.79 bits per heavy atom. The first kappa shape index (κ1) is 27.4. The molecule has 7 heteroatoms. The van der Waals surface area contributed by atoms with Crippen LogP contribution in [0.4, 0.5) is 4.39 Å². The molecule has 0 radical (unpaired) electrons. The quantitative estimate of drug-likeness (QED) is 0.407. The van der Waals surface area contributed by atoms with E-state index in [0.29, 0.717) is 13.1 Å². The molecule has 1 aliphatic heterocycles. The van der Waals surface area contributed by atoms with Crippen molar-refractivity contribution < 1.29 is 14.0 Å². The van der Waals surface area contributed by atoms with E-state index in [1.165, 1.54) is 12.5 Å². The Labute approximate surface area is 230 Å². The molecule has 2 aliphatic rings. The van der Waals surface area contributed by atoms with Crippen LogP contribution in [0.3, 0.4) is 0 Å². The molecule has 1 saturated carbocycles. The second-order valence-corrected chi connectivity index (χ2v) is 11.4. The maximum Gasteiger partial charge on any atom is 0.245 e. The number of rotatable bonds is 8. The van der Waals surface area contributed by atoms with E-state index in [4.69, 9.17) is 0 Å². The van der Waals surface area contributed by atoms with Crippen molar-refractivity contribution in [2.45, 2.75) is 83.5 Å². The van der Waals surface area contributed by atoms with Crippen molar-refractivity contribution in [3.63, 3.8) is 0 Å². The van der Waals surface area contributed by atoms with Gasteiger partial charge in [-0.15, -0.1) is 0 Å². The van der Waals surface area contributed by atoms with Crippen LogP contribution < -0.4 is 10.6 Å². The zero-order valence-electron chi connectivity index (χ0n) is 23.4. The molecule has 208 valence electrons. The Hall–Kier alpha value is -3.19. The van der Waals surface area contributed by atoms with Crippen LogP contribution in [0.25, 0.3) is 22.0 Å². The predicted octanol–water partition coefficient (Wildman–Crippen LogP) is 5.42. The SMILES string of the molecule is CNC(C)C(=O)NC(C(=O)N1CCCC1Cn1cc(-c2ccccc2C)c2cc(F)ccc21)C1CCCCC1. The number of aromatic nitrogens is 1. The second kappa shape index (κ2) is 11.9. The van der Waals surface area contributed by atoms with Gasteiger partial charge in [0.15, 0.2) is 0 Å². The molecule has 5 rings (SSSR count). The van der Waals surface area contributed by atoms with Gasteiger partial charge in [-0.25, -0.2) is 4.39 Å². The van der Waals surface area contributed by atoms with Gasteiger partial charge >= 0.3 is 0 Å². The van der Waals surface area contributed by atoms with Crippen LogP contribution in [0.2, 0.25) is 0 Å². The number of nitrogens with zero attached hydrogens (tertiary/aromatic N) is 2. The largest absolute Gasteiger partial charge is 0.345 e. The molecule has 3 aromatic rings. The monoisotopic (exact) mass is 532 g/mol. The molecule has 2 aromatic carbocycles. The van der Waals surface area contributed by atoms with Crippen LogP contribution >= 0.6 is 0 Å². The highest BCUT2D eigenvalue weighted by atomic mass is 19.1. The van der Waals surface area contributed by atoms with Gasteiger partial charge in [-0.05, 0) is 81.8 Å². The second-order valence-electron chi connectivity index (χ2n) is 11.4. The normalized spacial score (nSPS) is 19.8. The van der Waals surface area contributed by atoms with Gasteiger partial charge in [0.1, 0.15) is 11.9 Å². The summed E-state index contributed by atoms with van der Waals surface area (Å²) in [7, 11) is 1.76. The summed E-state index contributed by atoms with van der Waals surface area (Å²) in [6.07, 6.45) is 9.29. The Morgan fingerprint density at radius 3 is 2.54 bits per heavy atom. The number of halogens is 1. The van der Waals surface area contributed by atoms with Gasteiger partial charge in [-0.1, -0.05) is 43.5 Å². The van der Waals surface area contributed by atoms with E-state index < -0.39 is 6.04 Å². The third-order valence-electron chi connectivity index (χ3n) is 8.86. The van der Waals surface area contributed by atoms with Crippen LogP contribution in [-0.4, -0.2) is 53.0 Å². The summed E-state index contributed by atoms with van der Waals surface area (Å²) in [6.45, 7) is 5.23. The third kappa shape index (κ3) is 5.74. The first-order valence-electron chi connectivity index (χ1n) is 14.5. The minimum absolute atomic E-state index is 0.0209. The zero-order chi connectivity index (χ0) is 27.5. The summed E-state index contributed by atoms with van der Waals surface area (Å²) in [5, 5.41) is 7.00. The molecule has 2 N–H and O–H groups in total. The number of hydrogen-bond donors (Lipinski definition) is 2. The predicted molar refractivity (Wildman–Crippen MR) is 154 cm³/mol. The molecule has 3 unspecified atom stereocenters. The number of nitrogens with one attached hydrogen (secondary N) is 2. The Balaban J connectivity index is 1.43. The van der Waals surface area contributed by atoms with Gasteiger partial charge in [0.25, 0.3) is 0 Å². The van der Waals surface area contributed by atoms with Crippen LogP contribution in [0.1, 0.15) is 57.4 Å². The minimum Gasteiger partial charge on any atom is -0.345 e. The van der Waals surface area contributed by atoms with Crippen molar-refractivity contribution in [1.82, 2.24) is 20.1 Å². The number of likely N-dealkylation sites (tertiary alicyclic amines) is 1. The van der Waals surface area contributed by atoms with Crippen LogP contribution in [-0.2, 0) is 16.1 Å². The van der Waals surface area contributed by atoms with Gasteiger partial charge in [0, 0.05) is 41.8 Å². The highest BCUT2D eigenvalue weighted by Crippen LogP contribution is 2.35. The van der Waals surface area contributed by atoms with Crippen LogP contribution in [0.5, 0.6) is 0 Å². The number of hydrogen-bond acceptors (Lipinski definition) is 3. The molecule has 0 spiro atoms. The third-order valence-corrected chi connectivity index (χ3v) is 8.86. The number of fused-ring (bicyclic) bond motifs is 1. The summed E-state index contributed by atoms with van der Waals surface area (Å²) in [5.41, 5.74) is 4.20. The number of carbonyl (C=O) groups is 2. The van der Waals surface area contributed by atoms with Crippen molar-refractivity contribution in [1.29, 1.82) is 0 Å². The van der Waals surface area contributed by atoms with Gasteiger partial charge in [-0.2, -0.15) is 0 Å². The fraction of sp³-hybridized carbons (Fsp3) is 0.500. The first-order chi connectivity index (χ1) is 18.9. The average Bonchev–Trinajstić information content (AvgIpc) is 3.56. The number of amides is 2. The molecule has 2 amide bonds. The smallest absolute Gasteiger partial charge is 0.245 e. The minimum atomic E-state index is -0.493. The fourth-order valence-electron chi connectivity index (χ4n) is 6.49. The van der Waals surface area contributed by atoms with Crippen molar-refractivity contribution in [2.75, 3.05) is 13.6 Å². The number of carbonyl (C=O) groups excluding carboxylic acids is 2. The van der Waals surface area contributed by atoms with Crippen molar-refractivity contribution >= 4 is 22.7 Å². The summed E-state index contributed by atoms with van der Waals surface area (Å²) >= 11 is 0. The van der Waals surface area contributed by atoms with E-state index in [-0.39, 0.29) is 35.6 Å². The van der Waals surface area contributed by atoms with Crippen LogP contribution in [0.15, 0.2) is 48.7 Å². The number of likely N-dealkylation sites (N-methyl/N-ethyl adjacent to an activating group) is 1. The maximum atomic E-state index is 14.4. The zero-order valence-corrected chi connectivity index (χ0v) is 23.4. The van der Waals surface area contributed by atoms with Crippen molar-refractivity contribution in [3.8, 4) is 11.1 Å². The summed E-state index contributed by atoms with van der Waals surface area (Å²) in [4.78, 5) is 29.0. The fourth-order valence-corrected chi connectivity index (χ4v) is 6.49. The summed E-state index contributed by atoms with van der Waals surface area (Å²) in [5.74, 6) is -0.167. The molecule has 3 atom stereocenters. The van der Waals surface area contributed by atoms with E-state index in [1.54, 1.807) is 13.1 Å². The molecular formula is C32H41FN4O2. The number of aryl methyl sites for hydroxylation is 1. The number of benzene rings is 2. The summed E-state index contributed by atoms with van der Waals surface area (Å²) < 4.78 is 16.6. The lowest BCUT2D eigenvalue weighted by atomic mass is 9.83. The van der Waals surface area contributed by atoms with Gasteiger partial charge in [-0.3, -0.25) is 9.59 Å². The van der Waals surface area contributed by atoms with Crippen molar-refractivity contribution in [2.24, 2.45) is 5.92 Å². The lowest BCUT2D eigenvalue weighted by Crippen LogP contribution is -2.56. The standard InChI is InChI=1S/C32H41FN4O2/c1-21-10-7-8-14-26(21)28-20-36(29-16-15-24(33)18-27(28)29)19-25-13-9-17-37(25)32(39)30(23-11-5-4-6-12-23)35-31(38)22(2)34-3/h7-8,10,14-16,18,20,22-23,25,30,34H,4-6,9,11-13,17,19H2,1-3H3,(H,35,38). The Morgan fingerprint density at radius 1 is 1.03 bits per heavy atom. The van der Waals surface area contributed by atoms with Crippen molar-refractivity contribution in [3.05, 3.63) is 60.0 Å². The molecule has 1 aromatic heterocycles. The average molecular weight is 533 g/mol. The molecular weight excluding hydrogens is 491 g/mol. The van der Waals surface area contributed by atoms with Gasteiger partial charge < -0.3 is 20.1 Å². The molecule has 2 fully saturated rings. The molecule has 39 heavy (non-hydrogen) atoms. The molecule has 1 saturated heterocycles. The molecule has 6 nitrogen and oxygen atoms in total. The van der Waals surface area contributed by atoms with Gasteiger partial charge in [0.05, 0.1) is 6.04 Å². The van der Waals surface area contributed by atoms with E-state index in [2.05, 4.69) is 40.5 Å². The Bertz CT molecular complexity index is 1330. The van der Waals surface area contributed by atoms with Crippen LogP contribution in [0, 0.1) is 18.7 Å². The topological polar surface area (TPSA) is 66.4 Å². The van der Waals surface area contributed by atoms with E-state index in [0.717, 1.165) is 66.1 Å².